The number of H-pyrrole nitrogens is 1. The quantitative estimate of drug-likeness (QED) is 0.820. The molecule has 0 radical (unpaired) electrons. The molecule has 94 valence electrons. The molecule has 2 aromatic rings. The summed E-state index contributed by atoms with van der Waals surface area (Å²) in [6.07, 6.45) is 1.40. The highest BCUT2D eigenvalue weighted by atomic mass is 16.5. The molecule has 18 heavy (non-hydrogen) atoms. The molecule has 0 saturated heterocycles. The molecule has 1 aromatic heterocycles. The van der Waals surface area contributed by atoms with E-state index in [0.717, 1.165) is 5.56 Å². The third kappa shape index (κ3) is 3.14. The fourth-order valence-electron chi connectivity index (χ4n) is 1.50. The number of nitrogens with zero attached hydrogens (tertiary/aromatic N) is 2. The number of methoxy groups -OCH3 is 1. The summed E-state index contributed by atoms with van der Waals surface area (Å²) in [6.45, 7) is 0.874. The van der Waals surface area contributed by atoms with E-state index in [1.807, 2.05) is 12.1 Å². The topological polar surface area (TPSA) is 79.9 Å². The van der Waals surface area contributed by atoms with Crippen LogP contribution in [0.1, 0.15) is 21.7 Å². The molecule has 0 bridgehead atoms. The van der Waals surface area contributed by atoms with E-state index in [9.17, 15) is 4.79 Å². The SMILES string of the molecule is COCc1ccc(C(=O)NCc2ncn[nH]2)cc1. The van der Waals surface area contributed by atoms with Crippen LogP contribution < -0.4 is 5.32 Å². The van der Waals surface area contributed by atoms with Crippen molar-refractivity contribution in [2.45, 2.75) is 13.2 Å². The van der Waals surface area contributed by atoms with E-state index in [4.69, 9.17) is 4.74 Å². The van der Waals surface area contributed by atoms with Crippen LogP contribution in [0.3, 0.4) is 0 Å². The maximum Gasteiger partial charge on any atom is 0.251 e. The van der Waals surface area contributed by atoms with Crippen LogP contribution in [0, 0.1) is 0 Å². The fourth-order valence-corrected chi connectivity index (χ4v) is 1.50. The van der Waals surface area contributed by atoms with Crippen LogP contribution in [0.5, 0.6) is 0 Å². The molecular weight excluding hydrogens is 232 g/mol. The summed E-state index contributed by atoms with van der Waals surface area (Å²) < 4.78 is 5.00. The van der Waals surface area contributed by atoms with Gasteiger partial charge in [0, 0.05) is 12.7 Å². The Labute approximate surface area is 104 Å². The van der Waals surface area contributed by atoms with Crippen molar-refractivity contribution in [2.24, 2.45) is 0 Å². The zero-order valence-corrected chi connectivity index (χ0v) is 10.0. The van der Waals surface area contributed by atoms with Gasteiger partial charge >= 0.3 is 0 Å². The third-order valence-corrected chi connectivity index (χ3v) is 2.41. The average Bonchev–Trinajstić information content (AvgIpc) is 2.90. The van der Waals surface area contributed by atoms with Crippen molar-refractivity contribution in [3.05, 3.63) is 47.5 Å². The zero-order chi connectivity index (χ0) is 12.8. The number of carbonyl (C=O) groups is 1. The number of aromatic nitrogens is 3. The molecule has 1 amide bonds. The van der Waals surface area contributed by atoms with Gasteiger partial charge in [-0.1, -0.05) is 12.1 Å². The number of nitrogens with one attached hydrogen (secondary N) is 2. The van der Waals surface area contributed by atoms with Crippen LogP contribution in [-0.4, -0.2) is 28.2 Å². The lowest BCUT2D eigenvalue weighted by Crippen LogP contribution is -2.23. The Hall–Kier alpha value is -2.21. The summed E-state index contributed by atoms with van der Waals surface area (Å²) in [5, 5.41) is 9.13. The summed E-state index contributed by atoms with van der Waals surface area (Å²) >= 11 is 0. The molecule has 2 rings (SSSR count). The molecule has 6 heteroatoms. The summed E-state index contributed by atoms with van der Waals surface area (Å²) in [6, 6.07) is 7.27. The van der Waals surface area contributed by atoms with Crippen molar-refractivity contribution in [2.75, 3.05) is 7.11 Å². The van der Waals surface area contributed by atoms with E-state index >= 15 is 0 Å². The summed E-state index contributed by atoms with van der Waals surface area (Å²) in [5.41, 5.74) is 1.64. The first kappa shape index (κ1) is 12.3. The number of benzene rings is 1. The number of ether oxygens (including phenoxy) is 1. The predicted octanol–water partition coefficient (Wildman–Crippen LogP) is 0.881. The van der Waals surface area contributed by atoms with Crippen molar-refractivity contribution in [1.29, 1.82) is 0 Å². The smallest absolute Gasteiger partial charge is 0.251 e. The first-order chi connectivity index (χ1) is 8.79. The minimum atomic E-state index is -0.143. The van der Waals surface area contributed by atoms with Crippen LogP contribution >= 0.6 is 0 Å². The van der Waals surface area contributed by atoms with Gasteiger partial charge in [-0.05, 0) is 17.7 Å². The second-order valence-corrected chi connectivity index (χ2v) is 3.74. The minimum absolute atomic E-state index is 0.143. The second-order valence-electron chi connectivity index (χ2n) is 3.74. The summed E-state index contributed by atoms with van der Waals surface area (Å²) in [7, 11) is 1.64. The molecule has 1 heterocycles. The van der Waals surface area contributed by atoms with E-state index < -0.39 is 0 Å². The van der Waals surface area contributed by atoms with E-state index in [1.165, 1.54) is 6.33 Å². The van der Waals surface area contributed by atoms with Gasteiger partial charge in [-0.15, -0.1) is 0 Å². The third-order valence-electron chi connectivity index (χ3n) is 2.41. The second kappa shape index (κ2) is 5.92. The van der Waals surface area contributed by atoms with Crippen LogP contribution in [0.25, 0.3) is 0 Å². The Morgan fingerprint density at radius 2 is 2.17 bits per heavy atom. The van der Waals surface area contributed by atoms with Gasteiger partial charge in [-0.25, -0.2) is 4.98 Å². The van der Waals surface area contributed by atoms with Crippen LogP contribution in [-0.2, 0) is 17.9 Å². The van der Waals surface area contributed by atoms with Crippen LogP contribution in [0.15, 0.2) is 30.6 Å². The van der Waals surface area contributed by atoms with Gasteiger partial charge in [-0.3, -0.25) is 9.89 Å². The molecule has 6 nitrogen and oxygen atoms in total. The molecule has 0 unspecified atom stereocenters. The lowest BCUT2D eigenvalue weighted by Gasteiger charge is -2.04. The molecule has 0 aliphatic rings. The number of amides is 1. The van der Waals surface area contributed by atoms with Gasteiger partial charge in [0.1, 0.15) is 12.2 Å². The molecule has 0 spiro atoms. The Kier molecular flexibility index (Phi) is 4.03. The Balaban J connectivity index is 1.92. The van der Waals surface area contributed by atoms with Gasteiger partial charge in [0.2, 0.25) is 0 Å². The van der Waals surface area contributed by atoms with Gasteiger partial charge in [0.15, 0.2) is 0 Å². The number of carbonyl (C=O) groups excluding carboxylic acids is 1. The van der Waals surface area contributed by atoms with Crippen LogP contribution in [0.4, 0.5) is 0 Å². The number of aromatic amines is 1. The Bertz CT molecular complexity index is 493. The first-order valence-corrected chi connectivity index (χ1v) is 5.50. The highest BCUT2D eigenvalue weighted by Gasteiger charge is 2.05. The summed E-state index contributed by atoms with van der Waals surface area (Å²) in [4.78, 5) is 15.7. The molecule has 2 N–H and O–H groups in total. The van der Waals surface area contributed by atoms with E-state index in [2.05, 4.69) is 20.5 Å². The lowest BCUT2D eigenvalue weighted by molar-refractivity contribution is 0.0950. The zero-order valence-electron chi connectivity index (χ0n) is 10.0. The molecule has 1 aromatic carbocycles. The van der Waals surface area contributed by atoms with Crippen LogP contribution in [0.2, 0.25) is 0 Å². The van der Waals surface area contributed by atoms with Gasteiger partial charge in [0.25, 0.3) is 5.91 Å². The monoisotopic (exact) mass is 246 g/mol. The van der Waals surface area contributed by atoms with Gasteiger partial charge in [0.05, 0.1) is 13.2 Å². The fraction of sp³-hybridized carbons (Fsp3) is 0.250. The molecule has 0 aliphatic carbocycles. The molecular formula is C12H14N4O2. The number of rotatable bonds is 5. The van der Waals surface area contributed by atoms with Crippen molar-refractivity contribution in [3.8, 4) is 0 Å². The number of hydrogen-bond acceptors (Lipinski definition) is 4. The van der Waals surface area contributed by atoms with E-state index in [-0.39, 0.29) is 5.91 Å². The maximum atomic E-state index is 11.8. The minimum Gasteiger partial charge on any atom is -0.380 e. The Morgan fingerprint density at radius 3 is 2.78 bits per heavy atom. The van der Waals surface area contributed by atoms with Crippen molar-refractivity contribution >= 4 is 5.91 Å². The molecule has 0 fully saturated rings. The van der Waals surface area contributed by atoms with Crippen molar-refractivity contribution in [1.82, 2.24) is 20.5 Å². The predicted molar refractivity (Wildman–Crippen MR) is 64.7 cm³/mol. The molecule has 0 saturated carbocycles. The Morgan fingerprint density at radius 1 is 1.39 bits per heavy atom. The highest BCUT2D eigenvalue weighted by molar-refractivity contribution is 5.94. The lowest BCUT2D eigenvalue weighted by atomic mass is 10.1. The maximum absolute atomic E-state index is 11.8. The largest absolute Gasteiger partial charge is 0.380 e. The molecule has 0 aliphatic heterocycles. The molecule has 0 atom stereocenters. The van der Waals surface area contributed by atoms with Gasteiger partial charge < -0.3 is 10.1 Å². The highest BCUT2D eigenvalue weighted by Crippen LogP contribution is 2.05. The standard InChI is InChI=1S/C12H14N4O2/c1-18-7-9-2-4-10(5-3-9)12(17)13-6-11-14-8-15-16-11/h2-5,8H,6-7H2,1H3,(H,13,17)(H,14,15,16). The average molecular weight is 246 g/mol. The van der Waals surface area contributed by atoms with Crippen molar-refractivity contribution < 1.29 is 9.53 Å². The first-order valence-electron chi connectivity index (χ1n) is 5.50. The number of hydrogen-bond donors (Lipinski definition) is 2. The van der Waals surface area contributed by atoms with Crippen molar-refractivity contribution in [3.63, 3.8) is 0 Å². The summed E-state index contributed by atoms with van der Waals surface area (Å²) in [5.74, 6) is 0.481. The van der Waals surface area contributed by atoms with E-state index in [0.29, 0.717) is 24.5 Å². The normalized spacial score (nSPS) is 10.3. The van der Waals surface area contributed by atoms with E-state index in [1.54, 1.807) is 19.2 Å². The van der Waals surface area contributed by atoms with Gasteiger partial charge in [-0.2, -0.15) is 5.10 Å².